The van der Waals surface area contributed by atoms with Crippen LogP contribution in [0.1, 0.15) is 11.0 Å². The molecule has 0 fully saturated rings. The van der Waals surface area contributed by atoms with Crippen molar-refractivity contribution in [1.29, 1.82) is 0 Å². The van der Waals surface area contributed by atoms with Crippen LogP contribution in [0.4, 0.5) is 0 Å². The lowest BCUT2D eigenvalue weighted by molar-refractivity contribution is 1.18. The van der Waals surface area contributed by atoms with Gasteiger partial charge in [-0.1, -0.05) is 176 Å². The summed E-state index contributed by atoms with van der Waals surface area (Å²) >= 11 is 0. The Morgan fingerprint density at radius 1 is 0.316 bits per heavy atom. The minimum Gasteiger partial charge on any atom is -0.309 e. The van der Waals surface area contributed by atoms with Crippen LogP contribution < -0.4 is 20.7 Å². The molecular weight excluding hydrogens is 705 g/mol. The summed E-state index contributed by atoms with van der Waals surface area (Å²) in [7, 11) is -2.82. The van der Waals surface area contributed by atoms with Crippen molar-refractivity contribution in [2.24, 2.45) is 0 Å². The van der Waals surface area contributed by atoms with Gasteiger partial charge in [0.05, 0.1) is 33.0 Å². The zero-order valence-electron chi connectivity index (χ0n) is 38.7. The molecule has 0 aliphatic heterocycles. The standard InChI is InChI=1S/C54H38N2Si/c1-4-21-43(22-5-1)57(44-23-6-2-7-24-44,45-25-8-3-9-26-45)46-27-17-20-42(38-46)56-53-33-15-12-30-49(53)50-37-40(34-35-54(50)56)39-18-16-19-41(36-39)55-51-31-13-10-28-47(51)48-29-11-14-32-52(48)55/h1-38H/i10D,11D,13D,14D,28D,29D,31D,32D. The predicted molar refractivity (Wildman–Crippen MR) is 244 cm³/mol. The van der Waals surface area contributed by atoms with E-state index in [0.29, 0.717) is 5.69 Å². The second-order valence-corrected chi connectivity index (χ2v) is 18.1. The highest BCUT2D eigenvalue weighted by molar-refractivity contribution is 7.19. The summed E-state index contributed by atoms with van der Waals surface area (Å²) in [6, 6.07) is 60.9. The molecule has 0 saturated carbocycles. The van der Waals surface area contributed by atoms with Crippen LogP contribution in [0.2, 0.25) is 0 Å². The number of nitrogens with zero attached hydrogens (tertiary/aromatic N) is 2. The third kappa shape index (κ3) is 5.24. The van der Waals surface area contributed by atoms with Gasteiger partial charge in [0.15, 0.2) is 8.07 Å². The lowest BCUT2D eigenvalue weighted by atomic mass is 10.0. The Labute approximate surface area is 344 Å². The average Bonchev–Trinajstić information content (AvgIpc) is 3.89. The van der Waals surface area contributed by atoms with Gasteiger partial charge in [0.25, 0.3) is 0 Å². The molecule has 2 nitrogen and oxygen atoms in total. The first-order valence-electron chi connectivity index (χ1n) is 23.0. The Kier molecular flexibility index (Phi) is 6.12. The molecule has 0 bridgehead atoms. The molecule has 0 amide bonds. The van der Waals surface area contributed by atoms with E-state index in [1.807, 2.05) is 18.2 Å². The third-order valence-corrected chi connectivity index (χ3v) is 16.1. The molecule has 11 aromatic rings. The van der Waals surface area contributed by atoms with E-state index >= 15 is 0 Å². The molecule has 57 heavy (non-hydrogen) atoms. The molecule has 0 radical (unpaired) electrons. The number of hydrogen-bond acceptors (Lipinski definition) is 0. The van der Waals surface area contributed by atoms with Crippen LogP contribution in [0, 0.1) is 0 Å². The fourth-order valence-electron chi connectivity index (χ4n) is 8.88. The summed E-state index contributed by atoms with van der Waals surface area (Å²) in [6.45, 7) is 0. The summed E-state index contributed by atoms with van der Waals surface area (Å²) in [5.41, 5.74) is 5.55. The average molecular weight is 751 g/mol. The summed E-state index contributed by atoms with van der Waals surface area (Å²) in [6.07, 6.45) is 0. The summed E-state index contributed by atoms with van der Waals surface area (Å²) in [5.74, 6) is 0. The van der Waals surface area contributed by atoms with Gasteiger partial charge in [0.2, 0.25) is 0 Å². The number of benzene rings is 9. The van der Waals surface area contributed by atoms with Crippen LogP contribution in [0.25, 0.3) is 66.1 Å². The Hall–Kier alpha value is -7.20. The Morgan fingerprint density at radius 3 is 1.42 bits per heavy atom. The molecule has 0 atom stereocenters. The number of para-hydroxylation sites is 3. The quantitative estimate of drug-likeness (QED) is 0.113. The predicted octanol–water partition coefficient (Wildman–Crippen LogP) is 10.9. The van der Waals surface area contributed by atoms with Gasteiger partial charge in [-0.05, 0) is 86.4 Å². The molecule has 0 N–H and O–H groups in total. The van der Waals surface area contributed by atoms with Crippen LogP contribution >= 0.6 is 0 Å². The van der Waals surface area contributed by atoms with Gasteiger partial charge in [0, 0.05) is 32.9 Å². The van der Waals surface area contributed by atoms with Gasteiger partial charge < -0.3 is 9.13 Å². The molecule has 3 heteroatoms. The van der Waals surface area contributed by atoms with Gasteiger partial charge in [-0.3, -0.25) is 0 Å². The van der Waals surface area contributed by atoms with Gasteiger partial charge in [-0.2, -0.15) is 0 Å². The SMILES string of the molecule is [2H]c1c([2H])c([2H])c2c(c1[2H])c1c([2H])c([2H])c([2H])c([2H])c1n2-c1cccc(-c2ccc3c(c2)c2ccccc2n3-c2cccc([Si](c3ccccc3)(c3ccccc3)c3ccccc3)c2)c1. The van der Waals surface area contributed by atoms with Crippen molar-refractivity contribution < 1.29 is 11.0 Å². The highest BCUT2D eigenvalue weighted by Crippen LogP contribution is 2.37. The highest BCUT2D eigenvalue weighted by atomic mass is 28.3. The number of aromatic nitrogens is 2. The second-order valence-electron chi connectivity index (χ2n) is 14.3. The molecule has 0 spiro atoms. The van der Waals surface area contributed by atoms with Gasteiger partial charge in [-0.15, -0.1) is 0 Å². The van der Waals surface area contributed by atoms with Crippen LogP contribution in [0.5, 0.6) is 0 Å². The smallest absolute Gasteiger partial charge is 0.179 e. The summed E-state index contributed by atoms with van der Waals surface area (Å²) in [5, 5.41) is 7.39. The van der Waals surface area contributed by atoms with Crippen molar-refractivity contribution in [2.45, 2.75) is 0 Å². The number of rotatable bonds is 7. The maximum Gasteiger partial charge on any atom is 0.179 e. The van der Waals surface area contributed by atoms with Crippen molar-refractivity contribution in [3.8, 4) is 22.5 Å². The van der Waals surface area contributed by atoms with E-state index in [1.165, 1.54) is 20.7 Å². The zero-order valence-corrected chi connectivity index (χ0v) is 31.7. The van der Waals surface area contributed by atoms with Gasteiger partial charge in [0.1, 0.15) is 0 Å². The van der Waals surface area contributed by atoms with E-state index in [0.717, 1.165) is 38.6 Å². The minimum absolute atomic E-state index is 0.0536. The molecule has 9 aromatic carbocycles. The molecule has 11 rings (SSSR count). The first-order chi connectivity index (χ1) is 31.6. The Bertz CT molecular complexity index is 3530. The first-order valence-corrected chi connectivity index (χ1v) is 21.0. The number of hydrogen-bond donors (Lipinski definition) is 0. The fraction of sp³-hybridized carbons (Fsp3) is 0. The van der Waals surface area contributed by atoms with E-state index in [1.54, 1.807) is 10.6 Å². The molecular formula is C54H38N2Si. The second kappa shape index (κ2) is 13.5. The molecule has 2 heterocycles. The van der Waals surface area contributed by atoms with Crippen molar-refractivity contribution in [2.75, 3.05) is 0 Å². The fourth-order valence-corrected chi connectivity index (χ4v) is 13.7. The molecule has 0 aliphatic rings. The first kappa shape index (κ1) is 25.8. The van der Waals surface area contributed by atoms with Crippen molar-refractivity contribution in [1.82, 2.24) is 9.13 Å². The molecule has 0 unspecified atom stereocenters. The minimum atomic E-state index is -2.82. The number of fused-ring (bicyclic) bond motifs is 6. The maximum atomic E-state index is 9.01. The van der Waals surface area contributed by atoms with Gasteiger partial charge in [-0.25, -0.2) is 0 Å². The van der Waals surface area contributed by atoms with Crippen LogP contribution in [-0.2, 0) is 0 Å². The molecule has 0 saturated heterocycles. The van der Waals surface area contributed by atoms with Crippen LogP contribution in [-0.4, -0.2) is 17.2 Å². The van der Waals surface area contributed by atoms with Gasteiger partial charge >= 0.3 is 0 Å². The summed E-state index contributed by atoms with van der Waals surface area (Å²) in [4.78, 5) is 0. The topological polar surface area (TPSA) is 9.86 Å². The van der Waals surface area contributed by atoms with Crippen LogP contribution in [0.15, 0.2) is 230 Å². The largest absolute Gasteiger partial charge is 0.309 e. The highest BCUT2D eigenvalue weighted by Gasteiger charge is 2.41. The maximum absolute atomic E-state index is 9.01. The van der Waals surface area contributed by atoms with Crippen LogP contribution in [0.3, 0.4) is 0 Å². The van der Waals surface area contributed by atoms with E-state index in [-0.39, 0.29) is 46.0 Å². The lowest BCUT2D eigenvalue weighted by Gasteiger charge is -2.34. The lowest BCUT2D eigenvalue weighted by Crippen LogP contribution is -2.74. The normalized spacial score (nSPS) is 13.8. The molecule has 268 valence electrons. The molecule has 0 aliphatic carbocycles. The van der Waals surface area contributed by atoms with E-state index in [9.17, 15) is 0 Å². The monoisotopic (exact) mass is 750 g/mol. The van der Waals surface area contributed by atoms with Crippen molar-refractivity contribution >= 4 is 72.4 Å². The van der Waals surface area contributed by atoms with Crippen molar-refractivity contribution in [3.63, 3.8) is 0 Å². The molecule has 2 aromatic heterocycles. The van der Waals surface area contributed by atoms with E-state index in [4.69, 9.17) is 11.0 Å². The third-order valence-electron chi connectivity index (χ3n) is 11.3. The van der Waals surface area contributed by atoms with E-state index < -0.39 is 32.2 Å². The zero-order chi connectivity index (χ0) is 44.7. The van der Waals surface area contributed by atoms with E-state index in [2.05, 4.69) is 162 Å². The Balaban J connectivity index is 1.11. The Morgan fingerprint density at radius 2 is 0.789 bits per heavy atom. The summed E-state index contributed by atoms with van der Waals surface area (Å²) < 4.78 is 73.7. The van der Waals surface area contributed by atoms with Crippen molar-refractivity contribution in [3.05, 3.63) is 230 Å².